The number of hydrogen-bond donors (Lipinski definition) is 3. The smallest absolute Gasteiger partial charge is 0.328 e. The lowest BCUT2D eigenvalue weighted by Crippen LogP contribution is -2.25. The Balaban J connectivity index is 2.01. The molecule has 108 valence electrons. The molecule has 0 spiro atoms. The number of carboxylic acid groups (broad SMARTS) is 1. The molecule has 7 heteroatoms. The molecular weight excluding hydrogens is 274 g/mol. The van der Waals surface area contributed by atoms with Gasteiger partial charge in [-0.1, -0.05) is 12.1 Å². The van der Waals surface area contributed by atoms with E-state index in [-0.39, 0.29) is 5.91 Å². The van der Waals surface area contributed by atoms with Crippen LogP contribution >= 0.6 is 0 Å². The SMILES string of the molecule is O=C(O)C=CC(=O)Nc1ccc(C2=NNC(=O)CC2)cc1. The minimum Gasteiger partial charge on any atom is -0.478 e. The quantitative estimate of drug-likeness (QED) is 0.714. The second-order valence-electron chi connectivity index (χ2n) is 4.33. The number of hydrazone groups is 1. The Bertz CT molecular complexity index is 632. The van der Waals surface area contributed by atoms with E-state index >= 15 is 0 Å². The molecule has 0 aliphatic carbocycles. The van der Waals surface area contributed by atoms with Gasteiger partial charge in [0, 0.05) is 30.7 Å². The molecule has 2 rings (SSSR count). The van der Waals surface area contributed by atoms with Gasteiger partial charge in [-0.05, 0) is 17.7 Å². The van der Waals surface area contributed by atoms with Gasteiger partial charge in [0.1, 0.15) is 0 Å². The molecule has 1 aromatic carbocycles. The van der Waals surface area contributed by atoms with Crippen LogP contribution in [-0.2, 0) is 14.4 Å². The number of anilines is 1. The summed E-state index contributed by atoms with van der Waals surface area (Å²) < 4.78 is 0. The van der Waals surface area contributed by atoms with Crippen LogP contribution in [0.4, 0.5) is 5.69 Å². The molecule has 0 saturated carbocycles. The summed E-state index contributed by atoms with van der Waals surface area (Å²) in [5, 5.41) is 14.9. The Labute approximate surface area is 120 Å². The maximum atomic E-state index is 11.4. The number of aliphatic carboxylic acids is 1. The van der Waals surface area contributed by atoms with Gasteiger partial charge in [0.25, 0.3) is 0 Å². The second kappa shape index (κ2) is 6.47. The molecule has 1 aliphatic rings. The van der Waals surface area contributed by atoms with Crippen molar-refractivity contribution < 1.29 is 19.5 Å². The molecule has 3 N–H and O–H groups in total. The summed E-state index contributed by atoms with van der Waals surface area (Å²) in [7, 11) is 0. The minimum atomic E-state index is -1.18. The molecule has 1 aliphatic heterocycles. The van der Waals surface area contributed by atoms with Crippen molar-refractivity contribution in [2.45, 2.75) is 12.8 Å². The highest BCUT2D eigenvalue weighted by Gasteiger charge is 2.13. The van der Waals surface area contributed by atoms with Crippen molar-refractivity contribution >= 4 is 29.2 Å². The van der Waals surface area contributed by atoms with Crippen LogP contribution < -0.4 is 10.7 Å². The van der Waals surface area contributed by atoms with Crippen LogP contribution in [0.3, 0.4) is 0 Å². The van der Waals surface area contributed by atoms with Gasteiger partial charge in [0.05, 0.1) is 5.71 Å². The number of carbonyl (C=O) groups excluding carboxylic acids is 2. The van der Waals surface area contributed by atoms with E-state index in [1.165, 1.54) is 0 Å². The summed E-state index contributed by atoms with van der Waals surface area (Å²) in [5.74, 6) is -1.81. The zero-order chi connectivity index (χ0) is 15.2. The Morgan fingerprint density at radius 1 is 1.19 bits per heavy atom. The molecule has 0 saturated heterocycles. The molecular formula is C14H13N3O4. The van der Waals surface area contributed by atoms with E-state index < -0.39 is 11.9 Å². The monoisotopic (exact) mass is 287 g/mol. The van der Waals surface area contributed by atoms with E-state index in [0.29, 0.717) is 18.5 Å². The summed E-state index contributed by atoms with van der Waals surface area (Å²) in [4.78, 5) is 32.7. The van der Waals surface area contributed by atoms with Crippen LogP contribution in [0.5, 0.6) is 0 Å². The maximum Gasteiger partial charge on any atom is 0.328 e. The summed E-state index contributed by atoms with van der Waals surface area (Å²) in [6, 6.07) is 6.90. The Morgan fingerprint density at radius 3 is 2.48 bits per heavy atom. The third-order valence-electron chi connectivity index (χ3n) is 2.77. The van der Waals surface area contributed by atoms with E-state index in [4.69, 9.17) is 5.11 Å². The minimum absolute atomic E-state index is 0.104. The van der Waals surface area contributed by atoms with Crippen LogP contribution in [0.1, 0.15) is 18.4 Å². The Morgan fingerprint density at radius 2 is 1.90 bits per heavy atom. The first-order chi connectivity index (χ1) is 10.0. The van der Waals surface area contributed by atoms with Crippen molar-refractivity contribution in [3.8, 4) is 0 Å². The van der Waals surface area contributed by atoms with Gasteiger partial charge in [0.2, 0.25) is 11.8 Å². The van der Waals surface area contributed by atoms with Crippen molar-refractivity contribution in [1.82, 2.24) is 5.43 Å². The number of nitrogens with zero attached hydrogens (tertiary/aromatic N) is 1. The van der Waals surface area contributed by atoms with Gasteiger partial charge in [-0.3, -0.25) is 9.59 Å². The largest absolute Gasteiger partial charge is 0.478 e. The first-order valence-electron chi connectivity index (χ1n) is 6.22. The molecule has 7 nitrogen and oxygen atoms in total. The number of carboxylic acids is 1. The van der Waals surface area contributed by atoms with Crippen molar-refractivity contribution in [3.05, 3.63) is 42.0 Å². The fourth-order valence-corrected chi connectivity index (χ4v) is 1.76. The van der Waals surface area contributed by atoms with E-state index in [2.05, 4.69) is 15.8 Å². The van der Waals surface area contributed by atoms with Crippen molar-refractivity contribution in [1.29, 1.82) is 0 Å². The third-order valence-corrected chi connectivity index (χ3v) is 2.77. The van der Waals surface area contributed by atoms with Crippen molar-refractivity contribution in [2.75, 3.05) is 5.32 Å². The van der Waals surface area contributed by atoms with E-state index in [1.54, 1.807) is 24.3 Å². The third kappa shape index (κ3) is 4.27. The van der Waals surface area contributed by atoms with Crippen LogP contribution in [0, 0.1) is 0 Å². The first kappa shape index (κ1) is 14.4. The number of carbonyl (C=O) groups is 3. The lowest BCUT2D eigenvalue weighted by Gasteiger charge is -2.12. The summed E-state index contributed by atoms with van der Waals surface area (Å²) in [5.41, 5.74) is 4.59. The van der Waals surface area contributed by atoms with E-state index in [0.717, 1.165) is 23.4 Å². The summed E-state index contributed by atoms with van der Waals surface area (Å²) in [6.07, 6.45) is 2.68. The highest BCUT2D eigenvalue weighted by atomic mass is 16.4. The van der Waals surface area contributed by atoms with E-state index in [1.807, 2.05) is 0 Å². The van der Waals surface area contributed by atoms with Crippen LogP contribution in [0.2, 0.25) is 0 Å². The average molecular weight is 287 g/mol. The van der Waals surface area contributed by atoms with Gasteiger partial charge in [-0.25, -0.2) is 10.2 Å². The van der Waals surface area contributed by atoms with Crippen LogP contribution in [0.15, 0.2) is 41.5 Å². The number of nitrogens with one attached hydrogen (secondary N) is 2. The molecule has 0 fully saturated rings. The Hall–Kier alpha value is -2.96. The molecule has 21 heavy (non-hydrogen) atoms. The molecule has 0 radical (unpaired) electrons. The highest BCUT2D eigenvalue weighted by molar-refractivity contribution is 6.05. The fourth-order valence-electron chi connectivity index (χ4n) is 1.76. The number of hydrogen-bond acceptors (Lipinski definition) is 4. The van der Waals surface area contributed by atoms with Crippen LogP contribution in [-0.4, -0.2) is 28.6 Å². The second-order valence-corrected chi connectivity index (χ2v) is 4.33. The average Bonchev–Trinajstić information content (AvgIpc) is 2.47. The summed E-state index contributed by atoms with van der Waals surface area (Å²) >= 11 is 0. The number of amides is 2. The van der Waals surface area contributed by atoms with Crippen molar-refractivity contribution in [2.24, 2.45) is 5.10 Å². The van der Waals surface area contributed by atoms with Crippen LogP contribution in [0.25, 0.3) is 0 Å². The first-order valence-corrected chi connectivity index (χ1v) is 6.22. The molecule has 0 unspecified atom stereocenters. The Kier molecular flexibility index (Phi) is 4.45. The number of rotatable bonds is 4. The fraction of sp³-hybridized carbons (Fsp3) is 0.143. The lowest BCUT2D eigenvalue weighted by molar-refractivity contribution is -0.131. The van der Waals surface area contributed by atoms with Gasteiger partial charge >= 0.3 is 5.97 Å². The van der Waals surface area contributed by atoms with Crippen molar-refractivity contribution in [3.63, 3.8) is 0 Å². The van der Waals surface area contributed by atoms with Gasteiger partial charge < -0.3 is 10.4 Å². The van der Waals surface area contributed by atoms with Gasteiger partial charge in [-0.2, -0.15) is 5.10 Å². The van der Waals surface area contributed by atoms with Gasteiger partial charge in [-0.15, -0.1) is 0 Å². The topological polar surface area (TPSA) is 108 Å². The number of benzene rings is 1. The molecule has 1 heterocycles. The zero-order valence-electron chi connectivity index (χ0n) is 11.0. The van der Waals surface area contributed by atoms with E-state index in [9.17, 15) is 14.4 Å². The highest BCUT2D eigenvalue weighted by Crippen LogP contribution is 2.14. The standard InChI is InChI=1S/C14H13N3O4/c18-12(7-8-14(20)21)15-10-3-1-9(2-4-10)11-5-6-13(19)17-16-11/h1-4,7-8H,5-6H2,(H,15,18)(H,17,19)(H,20,21). The predicted molar refractivity (Wildman–Crippen MR) is 75.8 cm³/mol. The lowest BCUT2D eigenvalue weighted by atomic mass is 10.0. The molecule has 0 atom stereocenters. The molecule has 0 aromatic heterocycles. The van der Waals surface area contributed by atoms with Gasteiger partial charge in [0.15, 0.2) is 0 Å². The predicted octanol–water partition coefficient (Wildman–Crippen LogP) is 0.880. The maximum absolute atomic E-state index is 11.4. The molecule has 0 bridgehead atoms. The zero-order valence-corrected chi connectivity index (χ0v) is 11.0. The normalized spacial score (nSPS) is 14.5. The molecule has 2 amide bonds. The summed E-state index contributed by atoms with van der Waals surface area (Å²) in [6.45, 7) is 0. The molecule has 1 aromatic rings.